The molecule has 19 heavy (non-hydrogen) atoms. The van der Waals surface area contributed by atoms with Crippen molar-refractivity contribution in [2.45, 2.75) is 6.04 Å². The number of aryl methyl sites for hydroxylation is 1. The third-order valence-corrected chi connectivity index (χ3v) is 3.98. The van der Waals surface area contributed by atoms with Gasteiger partial charge in [0.25, 0.3) is 0 Å². The second-order valence-electron chi connectivity index (χ2n) is 4.59. The van der Waals surface area contributed by atoms with Crippen LogP contribution >= 0.6 is 15.9 Å². The minimum absolute atomic E-state index is 0.188. The molecule has 0 aliphatic rings. The van der Waals surface area contributed by atoms with Crippen molar-refractivity contribution in [3.63, 3.8) is 0 Å². The Labute approximate surface area is 120 Å². The number of rotatable bonds is 2. The van der Waals surface area contributed by atoms with Gasteiger partial charge in [-0.1, -0.05) is 36.4 Å². The maximum atomic E-state index is 6.36. The van der Waals surface area contributed by atoms with E-state index in [1.165, 1.54) is 10.8 Å². The standard InChI is InChI=1S/C15H14BrN3/c1-19-15(13(16)9-18-19)14(17)12-7-6-10-4-2-3-5-11(10)8-12/h2-9,14H,17H2,1H3. The van der Waals surface area contributed by atoms with Crippen LogP contribution in [0.3, 0.4) is 0 Å². The van der Waals surface area contributed by atoms with Gasteiger partial charge in [0.05, 0.1) is 22.4 Å². The van der Waals surface area contributed by atoms with Gasteiger partial charge < -0.3 is 5.73 Å². The second-order valence-corrected chi connectivity index (χ2v) is 5.44. The molecule has 1 unspecified atom stereocenters. The first-order valence-corrected chi connectivity index (χ1v) is 6.88. The van der Waals surface area contributed by atoms with Crippen LogP contribution in [0.15, 0.2) is 53.1 Å². The summed E-state index contributed by atoms with van der Waals surface area (Å²) in [6.07, 6.45) is 1.77. The Bertz CT molecular complexity index is 714. The highest BCUT2D eigenvalue weighted by Gasteiger charge is 2.16. The van der Waals surface area contributed by atoms with E-state index < -0.39 is 0 Å². The van der Waals surface area contributed by atoms with E-state index in [9.17, 15) is 0 Å². The number of nitrogens with zero attached hydrogens (tertiary/aromatic N) is 2. The summed E-state index contributed by atoms with van der Waals surface area (Å²) in [5.74, 6) is 0. The smallest absolute Gasteiger partial charge is 0.0735 e. The topological polar surface area (TPSA) is 43.8 Å². The third kappa shape index (κ3) is 2.17. The molecule has 0 bridgehead atoms. The van der Waals surface area contributed by atoms with Gasteiger partial charge in [0.2, 0.25) is 0 Å². The summed E-state index contributed by atoms with van der Waals surface area (Å²) in [6, 6.07) is 14.4. The maximum Gasteiger partial charge on any atom is 0.0735 e. The van der Waals surface area contributed by atoms with Crippen LogP contribution < -0.4 is 5.73 Å². The summed E-state index contributed by atoms with van der Waals surface area (Å²) in [7, 11) is 1.90. The number of fused-ring (bicyclic) bond motifs is 1. The van der Waals surface area contributed by atoms with Crippen molar-refractivity contribution in [2.24, 2.45) is 12.8 Å². The van der Waals surface area contributed by atoms with E-state index >= 15 is 0 Å². The Balaban J connectivity index is 2.09. The average molecular weight is 316 g/mol. The fourth-order valence-electron chi connectivity index (χ4n) is 2.33. The summed E-state index contributed by atoms with van der Waals surface area (Å²) in [5.41, 5.74) is 8.43. The fraction of sp³-hybridized carbons (Fsp3) is 0.133. The molecule has 0 saturated heterocycles. The zero-order valence-electron chi connectivity index (χ0n) is 10.5. The van der Waals surface area contributed by atoms with Gasteiger partial charge in [-0.2, -0.15) is 5.10 Å². The van der Waals surface area contributed by atoms with Crippen LogP contribution in [0.2, 0.25) is 0 Å². The van der Waals surface area contributed by atoms with E-state index in [-0.39, 0.29) is 6.04 Å². The quantitative estimate of drug-likeness (QED) is 0.787. The van der Waals surface area contributed by atoms with E-state index in [1.54, 1.807) is 6.20 Å². The predicted molar refractivity (Wildman–Crippen MR) is 80.9 cm³/mol. The highest BCUT2D eigenvalue weighted by molar-refractivity contribution is 9.10. The summed E-state index contributed by atoms with van der Waals surface area (Å²) in [4.78, 5) is 0. The Morgan fingerprint density at radius 3 is 2.58 bits per heavy atom. The summed E-state index contributed by atoms with van der Waals surface area (Å²) in [5, 5.41) is 6.64. The molecule has 3 aromatic rings. The molecule has 0 saturated carbocycles. The molecule has 2 aromatic carbocycles. The number of aromatic nitrogens is 2. The Hall–Kier alpha value is -1.65. The monoisotopic (exact) mass is 315 g/mol. The van der Waals surface area contributed by atoms with Crippen LogP contribution in [0.4, 0.5) is 0 Å². The van der Waals surface area contributed by atoms with Crippen molar-refractivity contribution in [1.29, 1.82) is 0 Å². The van der Waals surface area contributed by atoms with Gasteiger partial charge in [0, 0.05) is 7.05 Å². The molecule has 0 amide bonds. The average Bonchev–Trinajstić information content (AvgIpc) is 2.77. The maximum absolute atomic E-state index is 6.36. The molecule has 96 valence electrons. The summed E-state index contributed by atoms with van der Waals surface area (Å²) < 4.78 is 2.75. The number of hydrogen-bond acceptors (Lipinski definition) is 2. The molecule has 0 aliphatic carbocycles. The molecule has 0 radical (unpaired) electrons. The van der Waals surface area contributed by atoms with Gasteiger partial charge in [-0.3, -0.25) is 4.68 Å². The van der Waals surface area contributed by atoms with E-state index in [4.69, 9.17) is 5.73 Å². The Morgan fingerprint density at radius 1 is 1.16 bits per heavy atom. The van der Waals surface area contributed by atoms with Crippen molar-refractivity contribution in [1.82, 2.24) is 9.78 Å². The van der Waals surface area contributed by atoms with Crippen molar-refractivity contribution >= 4 is 26.7 Å². The van der Waals surface area contributed by atoms with Gasteiger partial charge in [-0.15, -0.1) is 0 Å². The minimum atomic E-state index is -0.188. The molecule has 4 heteroatoms. The molecular formula is C15H14BrN3. The molecule has 3 rings (SSSR count). The Kier molecular flexibility index (Phi) is 3.12. The minimum Gasteiger partial charge on any atom is -0.319 e. The Morgan fingerprint density at radius 2 is 1.89 bits per heavy atom. The number of hydrogen-bond donors (Lipinski definition) is 1. The fourth-order valence-corrected chi connectivity index (χ4v) is 2.92. The van der Waals surface area contributed by atoms with Crippen molar-refractivity contribution in [2.75, 3.05) is 0 Å². The van der Waals surface area contributed by atoms with Crippen molar-refractivity contribution in [3.05, 3.63) is 64.4 Å². The first-order chi connectivity index (χ1) is 9.16. The normalized spacial score (nSPS) is 12.8. The van der Waals surface area contributed by atoms with E-state index in [2.05, 4.69) is 51.4 Å². The lowest BCUT2D eigenvalue weighted by Gasteiger charge is -2.14. The SMILES string of the molecule is Cn1ncc(Br)c1C(N)c1ccc2ccccc2c1. The number of nitrogens with two attached hydrogens (primary N) is 1. The molecule has 1 aromatic heterocycles. The van der Waals surface area contributed by atoms with Crippen LogP contribution in [-0.2, 0) is 7.05 Å². The number of benzene rings is 2. The lowest BCUT2D eigenvalue weighted by Crippen LogP contribution is -2.16. The number of halogens is 1. The van der Waals surface area contributed by atoms with Crippen LogP contribution in [0.5, 0.6) is 0 Å². The lowest BCUT2D eigenvalue weighted by molar-refractivity contribution is 0.672. The van der Waals surface area contributed by atoms with Gasteiger partial charge in [-0.25, -0.2) is 0 Å². The first kappa shape index (κ1) is 12.4. The van der Waals surface area contributed by atoms with Crippen molar-refractivity contribution in [3.8, 4) is 0 Å². The summed E-state index contributed by atoms with van der Waals surface area (Å²) >= 11 is 3.50. The molecular weight excluding hydrogens is 302 g/mol. The zero-order valence-corrected chi connectivity index (χ0v) is 12.1. The van der Waals surface area contributed by atoms with Gasteiger partial charge >= 0.3 is 0 Å². The molecule has 0 spiro atoms. The van der Waals surface area contributed by atoms with Crippen LogP contribution in [0.25, 0.3) is 10.8 Å². The first-order valence-electron chi connectivity index (χ1n) is 6.08. The second kappa shape index (κ2) is 4.79. The van der Waals surface area contributed by atoms with Gasteiger partial charge in [0.15, 0.2) is 0 Å². The third-order valence-electron chi connectivity index (χ3n) is 3.36. The van der Waals surface area contributed by atoms with Crippen LogP contribution in [0, 0.1) is 0 Å². The molecule has 3 nitrogen and oxygen atoms in total. The van der Waals surface area contributed by atoms with Crippen LogP contribution in [0.1, 0.15) is 17.3 Å². The van der Waals surface area contributed by atoms with E-state index in [0.717, 1.165) is 15.7 Å². The van der Waals surface area contributed by atoms with E-state index in [1.807, 2.05) is 23.9 Å². The van der Waals surface area contributed by atoms with Gasteiger partial charge in [0.1, 0.15) is 0 Å². The molecule has 1 heterocycles. The largest absolute Gasteiger partial charge is 0.319 e. The molecule has 2 N–H and O–H groups in total. The highest BCUT2D eigenvalue weighted by atomic mass is 79.9. The molecule has 1 atom stereocenters. The highest BCUT2D eigenvalue weighted by Crippen LogP contribution is 2.28. The predicted octanol–water partition coefficient (Wildman–Crippen LogP) is 3.38. The zero-order chi connectivity index (χ0) is 13.4. The van der Waals surface area contributed by atoms with Crippen LogP contribution in [-0.4, -0.2) is 9.78 Å². The van der Waals surface area contributed by atoms with Gasteiger partial charge in [-0.05, 0) is 38.3 Å². The van der Waals surface area contributed by atoms with Crippen molar-refractivity contribution < 1.29 is 0 Å². The molecule has 0 fully saturated rings. The summed E-state index contributed by atoms with van der Waals surface area (Å²) in [6.45, 7) is 0. The lowest BCUT2D eigenvalue weighted by atomic mass is 10.0. The van der Waals surface area contributed by atoms with E-state index in [0.29, 0.717) is 0 Å². The molecule has 0 aliphatic heterocycles.